The first kappa shape index (κ1) is 21.7. The number of amides is 1. The number of aryl methyl sites for hydroxylation is 1. The minimum atomic E-state index is -4.42. The van der Waals surface area contributed by atoms with Crippen LogP contribution in [0.25, 0.3) is 0 Å². The van der Waals surface area contributed by atoms with Gasteiger partial charge >= 0.3 is 6.18 Å². The number of halogens is 4. The van der Waals surface area contributed by atoms with Crippen LogP contribution in [0.1, 0.15) is 22.3 Å². The summed E-state index contributed by atoms with van der Waals surface area (Å²) in [5.74, 6) is -1.33. The Morgan fingerprint density at radius 2 is 1.79 bits per heavy atom. The Bertz CT molecular complexity index is 975. The van der Waals surface area contributed by atoms with Crippen molar-refractivity contribution < 1.29 is 30.8 Å². The Balaban J connectivity index is 2.28. The van der Waals surface area contributed by atoms with Gasteiger partial charge in [-0.3, -0.25) is 9.52 Å². The molecule has 0 atom stereocenters. The maximum Gasteiger partial charge on any atom is 0.390 e. The number of sulfonamides is 1. The average Bonchev–Trinajstić information content (AvgIpc) is 2.60. The van der Waals surface area contributed by atoms with Gasteiger partial charge in [-0.25, -0.2) is 12.8 Å². The zero-order chi connectivity index (χ0) is 21.1. The zero-order valence-corrected chi connectivity index (χ0v) is 15.9. The largest absolute Gasteiger partial charge is 0.390 e. The molecule has 0 aromatic heterocycles. The first-order valence-corrected chi connectivity index (χ1v) is 9.59. The number of carbonyl (C=O) groups is 1. The van der Waals surface area contributed by atoms with Gasteiger partial charge in [0, 0.05) is 13.6 Å². The smallest absolute Gasteiger partial charge is 0.341 e. The number of carbonyl (C=O) groups excluding carboxylic acids is 1. The number of anilines is 1. The van der Waals surface area contributed by atoms with Crippen LogP contribution >= 0.6 is 0 Å². The van der Waals surface area contributed by atoms with Crippen molar-refractivity contribution in [1.29, 1.82) is 0 Å². The second-order valence-corrected chi connectivity index (χ2v) is 7.84. The molecular formula is C18H18F4N2O3S. The molecule has 0 fully saturated rings. The van der Waals surface area contributed by atoms with Crippen LogP contribution < -0.4 is 4.72 Å². The molecule has 152 valence electrons. The quantitative estimate of drug-likeness (QED) is 0.723. The van der Waals surface area contributed by atoms with Gasteiger partial charge in [0.05, 0.1) is 22.6 Å². The molecule has 5 nitrogen and oxygen atoms in total. The first-order chi connectivity index (χ1) is 12.9. The van der Waals surface area contributed by atoms with E-state index >= 15 is 0 Å². The molecule has 2 aromatic carbocycles. The average molecular weight is 418 g/mol. The Labute approximate surface area is 160 Å². The molecule has 0 unspecified atom stereocenters. The highest BCUT2D eigenvalue weighted by Gasteiger charge is 2.29. The Kier molecular flexibility index (Phi) is 6.33. The van der Waals surface area contributed by atoms with Crippen molar-refractivity contribution in [3.8, 4) is 0 Å². The summed E-state index contributed by atoms with van der Waals surface area (Å²) in [6.07, 6.45) is -5.60. The van der Waals surface area contributed by atoms with Crippen LogP contribution in [0.3, 0.4) is 0 Å². The lowest BCUT2D eigenvalue weighted by Gasteiger charge is -2.20. The number of nitrogens with zero attached hydrogens (tertiary/aromatic N) is 1. The highest BCUT2D eigenvalue weighted by molar-refractivity contribution is 7.92. The van der Waals surface area contributed by atoms with E-state index in [1.54, 1.807) is 0 Å². The number of alkyl halides is 3. The molecular weight excluding hydrogens is 400 g/mol. The van der Waals surface area contributed by atoms with E-state index in [-0.39, 0.29) is 21.7 Å². The summed E-state index contributed by atoms with van der Waals surface area (Å²) in [6, 6.07) is 8.78. The normalized spacial score (nSPS) is 11.9. The molecule has 2 rings (SSSR count). The van der Waals surface area contributed by atoms with Crippen LogP contribution in [-0.2, 0) is 10.0 Å². The molecule has 0 aliphatic heterocycles. The minimum absolute atomic E-state index is 0.0895. The molecule has 2 aromatic rings. The number of rotatable bonds is 6. The van der Waals surface area contributed by atoms with Crippen LogP contribution in [0.4, 0.5) is 23.2 Å². The second kappa shape index (κ2) is 8.17. The van der Waals surface area contributed by atoms with E-state index < -0.39 is 40.9 Å². The van der Waals surface area contributed by atoms with E-state index in [0.29, 0.717) is 0 Å². The predicted octanol–water partition coefficient (Wildman–Crippen LogP) is 3.96. The summed E-state index contributed by atoms with van der Waals surface area (Å²) in [5, 5.41) is 0. The fraction of sp³-hybridized carbons (Fsp3) is 0.278. The van der Waals surface area contributed by atoms with E-state index in [4.69, 9.17) is 0 Å². The number of benzene rings is 2. The lowest BCUT2D eigenvalue weighted by Crippen LogP contribution is -2.31. The van der Waals surface area contributed by atoms with Crippen LogP contribution in [0.5, 0.6) is 0 Å². The Morgan fingerprint density at radius 3 is 2.39 bits per heavy atom. The monoisotopic (exact) mass is 418 g/mol. The molecule has 0 saturated carbocycles. The van der Waals surface area contributed by atoms with Gasteiger partial charge in [0.15, 0.2) is 0 Å². The van der Waals surface area contributed by atoms with Gasteiger partial charge in [-0.15, -0.1) is 0 Å². The molecule has 0 aliphatic carbocycles. The van der Waals surface area contributed by atoms with Crippen molar-refractivity contribution in [2.24, 2.45) is 0 Å². The third kappa shape index (κ3) is 5.44. The standard InChI is InChI=1S/C18H18F4N2O3S/c1-12-11-13(7-8-15(12)19)28(26,27)23-16-6-4-3-5-14(16)17(25)24(2)10-9-18(20,21)22/h3-8,11,23H,9-10H2,1-2H3. The van der Waals surface area contributed by atoms with Gasteiger partial charge in [-0.2, -0.15) is 13.2 Å². The van der Waals surface area contributed by atoms with E-state index in [1.165, 1.54) is 38.2 Å². The number of para-hydroxylation sites is 1. The molecule has 0 aliphatic rings. The van der Waals surface area contributed by atoms with Crippen LogP contribution in [0.2, 0.25) is 0 Å². The molecule has 1 amide bonds. The molecule has 0 saturated heterocycles. The lowest BCUT2D eigenvalue weighted by molar-refractivity contribution is -0.136. The SMILES string of the molecule is Cc1cc(S(=O)(=O)Nc2ccccc2C(=O)N(C)CCC(F)(F)F)ccc1F. The van der Waals surface area contributed by atoms with E-state index in [1.807, 2.05) is 0 Å². The van der Waals surface area contributed by atoms with Crippen molar-refractivity contribution >= 4 is 21.6 Å². The maximum absolute atomic E-state index is 13.4. The number of nitrogens with one attached hydrogen (secondary N) is 1. The molecule has 0 heterocycles. The van der Waals surface area contributed by atoms with Crippen LogP contribution in [-0.4, -0.2) is 39.0 Å². The highest BCUT2D eigenvalue weighted by atomic mass is 32.2. The maximum atomic E-state index is 13.4. The fourth-order valence-electron chi connectivity index (χ4n) is 2.35. The molecule has 0 spiro atoms. The van der Waals surface area contributed by atoms with Crippen LogP contribution in [0, 0.1) is 12.7 Å². The van der Waals surface area contributed by atoms with Gasteiger partial charge in [-0.1, -0.05) is 12.1 Å². The molecule has 0 bridgehead atoms. The van der Waals surface area contributed by atoms with Gasteiger partial charge in [0.2, 0.25) is 0 Å². The third-order valence-electron chi connectivity index (χ3n) is 3.92. The number of hydrogen-bond acceptors (Lipinski definition) is 3. The molecule has 10 heteroatoms. The molecule has 28 heavy (non-hydrogen) atoms. The Hall–Kier alpha value is -2.62. The summed E-state index contributed by atoms with van der Waals surface area (Å²) >= 11 is 0. The topological polar surface area (TPSA) is 66.5 Å². The zero-order valence-electron chi connectivity index (χ0n) is 15.0. The van der Waals surface area contributed by atoms with E-state index in [9.17, 15) is 30.8 Å². The lowest BCUT2D eigenvalue weighted by atomic mass is 10.1. The summed E-state index contributed by atoms with van der Waals surface area (Å²) in [4.78, 5) is 13.1. The molecule has 0 radical (unpaired) electrons. The van der Waals surface area contributed by atoms with Crippen LogP contribution in [0.15, 0.2) is 47.4 Å². The molecule has 1 N–H and O–H groups in total. The summed E-state index contributed by atoms with van der Waals surface area (Å²) in [5.41, 5.74) is -0.0676. The van der Waals surface area contributed by atoms with Gasteiger partial charge in [-0.05, 0) is 42.8 Å². The van der Waals surface area contributed by atoms with E-state index in [0.717, 1.165) is 23.1 Å². The summed E-state index contributed by atoms with van der Waals surface area (Å²) < 4.78 is 77.9. The van der Waals surface area contributed by atoms with E-state index in [2.05, 4.69) is 4.72 Å². The second-order valence-electron chi connectivity index (χ2n) is 6.15. The highest BCUT2D eigenvalue weighted by Crippen LogP contribution is 2.24. The fourth-order valence-corrected chi connectivity index (χ4v) is 3.51. The van der Waals surface area contributed by atoms with Crippen molar-refractivity contribution in [3.63, 3.8) is 0 Å². The van der Waals surface area contributed by atoms with Gasteiger partial charge in [0.25, 0.3) is 15.9 Å². The third-order valence-corrected chi connectivity index (χ3v) is 5.28. The summed E-state index contributed by atoms with van der Waals surface area (Å²) in [7, 11) is -2.94. The minimum Gasteiger partial charge on any atom is -0.341 e. The first-order valence-electron chi connectivity index (χ1n) is 8.11. The van der Waals surface area contributed by atoms with Gasteiger partial charge < -0.3 is 4.90 Å². The van der Waals surface area contributed by atoms with Crippen molar-refractivity contribution in [2.75, 3.05) is 18.3 Å². The van der Waals surface area contributed by atoms with Crippen molar-refractivity contribution in [3.05, 3.63) is 59.4 Å². The van der Waals surface area contributed by atoms with Crippen molar-refractivity contribution in [2.45, 2.75) is 24.4 Å². The van der Waals surface area contributed by atoms with Crippen molar-refractivity contribution in [1.82, 2.24) is 4.90 Å². The number of hydrogen-bond donors (Lipinski definition) is 1. The Morgan fingerprint density at radius 1 is 1.14 bits per heavy atom. The summed E-state index contributed by atoms with van der Waals surface area (Å²) in [6.45, 7) is 0.835. The van der Waals surface area contributed by atoms with Gasteiger partial charge in [0.1, 0.15) is 5.82 Å². The predicted molar refractivity (Wildman–Crippen MR) is 96.0 cm³/mol.